The third-order valence-electron chi connectivity index (χ3n) is 2.16. The number of hydrogen-bond donors (Lipinski definition) is 0. The lowest BCUT2D eigenvalue weighted by Crippen LogP contribution is -2.04. The average molecular weight is 221 g/mol. The van der Waals surface area contributed by atoms with E-state index in [4.69, 9.17) is 4.42 Å². The van der Waals surface area contributed by atoms with Crippen LogP contribution in [-0.2, 0) is 12.8 Å². The van der Waals surface area contributed by atoms with E-state index in [-0.39, 0.29) is 5.78 Å². The Morgan fingerprint density at radius 3 is 3.13 bits per heavy atom. The Balaban J connectivity index is 2.15. The number of aryl methyl sites for hydroxylation is 1. The Kier molecular flexibility index (Phi) is 2.97. The molecule has 2 aromatic rings. The van der Waals surface area contributed by atoms with Crippen LogP contribution in [0, 0.1) is 0 Å². The van der Waals surface area contributed by atoms with Crippen LogP contribution in [0.4, 0.5) is 0 Å². The fourth-order valence-electron chi connectivity index (χ4n) is 1.44. The second-order valence-corrected chi connectivity index (χ2v) is 4.12. The number of thiazole rings is 1. The molecular weight excluding hydrogens is 210 g/mol. The van der Waals surface area contributed by atoms with E-state index >= 15 is 0 Å². The number of aromatic nitrogens is 1. The van der Waals surface area contributed by atoms with Gasteiger partial charge in [0.05, 0.1) is 18.2 Å². The normalized spacial score (nSPS) is 10.5. The number of carbonyl (C=O) groups is 1. The summed E-state index contributed by atoms with van der Waals surface area (Å²) in [6.07, 6.45) is 4.38. The van der Waals surface area contributed by atoms with Gasteiger partial charge < -0.3 is 4.42 Å². The van der Waals surface area contributed by atoms with Crippen molar-refractivity contribution in [3.8, 4) is 0 Å². The summed E-state index contributed by atoms with van der Waals surface area (Å²) in [4.78, 5) is 15.9. The van der Waals surface area contributed by atoms with E-state index in [2.05, 4.69) is 4.98 Å². The minimum absolute atomic E-state index is 0.0792. The predicted octanol–water partition coefficient (Wildman–Crippen LogP) is 2.72. The van der Waals surface area contributed by atoms with E-state index in [9.17, 15) is 4.79 Å². The van der Waals surface area contributed by atoms with Gasteiger partial charge in [0.2, 0.25) is 0 Å². The van der Waals surface area contributed by atoms with Crippen LogP contribution in [-0.4, -0.2) is 10.8 Å². The van der Waals surface area contributed by atoms with Crippen molar-refractivity contribution in [1.82, 2.24) is 4.98 Å². The van der Waals surface area contributed by atoms with Crippen molar-refractivity contribution in [2.24, 2.45) is 0 Å². The van der Waals surface area contributed by atoms with Gasteiger partial charge in [-0.2, -0.15) is 0 Å². The number of carbonyl (C=O) groups excluding carboxylic acids is 1. The van der Waals surface area contributed by atoms with E-state index in [1.165, 1.54) is 11.3 Å². The molecule has 78 valence electrons. The van der Waals surface area contributed by atoms with Crippen molar-refractivity contribution < 1.29 is 9.21 Å². The van der Waals surface area contributed by atoms with Gasteiger partial charge in [0.15, 0.2) is 5.78 Å². The van der Waals surface area contributed by atoms with Crippen molar-refractivity contribution in [3.05, 3.63) is 40.2 Å². The fraction of sp³-hybridized carbons (Fsp3) is 0.273. The first-order chi connectivity index (χ1) is 7.31. The Labute approximate surface area is 91.8 Å². The second-order valence-electron chi connectivity index (χ2n) is 3.14. The van der Waals surface area contributed by atoms with Crippen LogP contribution in [0.2, 0.25) is 0 Å². The summed E-state index contributed by atoms with van der Waals surface area (Å²) in [5.74, 6) is 0.840. The molecule has 0 saturated carbocycles. The molecule has 3 nitrogen and oxygen atoms in total. The number of nitrogens with zero attached hydrogens (tertiary/aromatic N) is 1. The number of furan rings is 1. The van der Waals surface area contributed by atoms with Gasteiger partial charge in [-0.3, -0.25) is 4.79 Å². The zero-order valence-electron chi connectivity index (χ0n) is 8.40. The zero-order chi connectivity index (χ0) is 10.7. The van der Waals surface area contributed by atoms with E-state index in [0.717, 1.165) is 17.2 Å². The molecule has 0 atom stereocenters. The number of Topliss-reactive ketones (excluding diaryl/α,β-unsaturated/α-hetero) is 1. The quantitative estimate of drug-likeness (QED) is 0.745. The van der Waals surface area contributed by atoms with Crippen molar-refractivity contribution in [1.29, 1.82) is 0 Å². The highest BCUT2D eigenvalue weighted by Crippen LogP contribution is 2.15. The molecule has 15 heavy (non-hydrogen) atoms. The number of ketones is 1. The largest absolute Gasteiger partial charge is 0.469 e. The molecule has 0 fully saturated rings. The summed E-state index contributed by atoms with van der Waals surface area (Å²) >= 11 is 1.50. The lowest BCUT2D eigenvalue weighted by atomic mass is 10.1. The van der Waals surface area contributed by atoms with Gasteiger partial charge in [-0.15, -0.1) is 11.3 Å². The first-order valence-electron chi connectivity index (χ1n) is 4.79. The molecule has 0 aromatic carbocycles. The molecule has 0 saturated heterocycles. The third kappa shape index (κ3) is 2.15. The maximum atomic E-state index is 11.9. The molecule has 0 N–H and O–H groups in total. The lowest BCUT2D eigenvalue weighted by molar-refractivity contribution is 0.0991. The van der Waals surface area contributed by atoms with Gasteiger partial charge in [-0.25, -0.2) is 4.98 Å². The average Bonchev–Trinajstić information content (AvgIpc) is 2.86. The molecule has 0 aliphatic rings. The van der Waals surface area contributed by atoms with Gasteiger partial charge in [0, 0.05) is 18.0 Å². The molecule has 2 heterocycles. The predicted molar refractivity (Wildman–Crippen MR) is 58.2 cm³/mol. The molecule has 4 heteroatoms. The first-order valence-corrected chi connectivity index (χ1v) is 5.67. The minimum Gasteiger partial charge on any atom is -0.469 e. The Morgan fingerprint density at radius 1 is 1.60 bits per heavy atom. The molecule has 2 aromatic heterocycles. The molecule has 0 spiro atoms. The third-order valence-corrected chi connectivity index (χ3v) is 2.94. The standard InChI is InChI=1S/C11H11NO2S/c1-2-10-8(3-5-14-10)9(13)7-11-12-4-6-15-11/h3-6H,2,7H2,1H3. The van der Waals surface area contributed by atoms with Gasteiger partial charge >= 0.3 is 0 Å². The Hall–Kier alpha value is -1.42. The van der Waals surface area contributed by atoms with Crippen LogP contribution in [0.3, 0.4) is 0 Å². The fourth-order valence-corrected chi connectivity index (χ4v) is 2.05. The van der Waals surface area contributed by atoms with E-state index < -0.39 is 0 Å². The number of rotatable bonds is 4. The van der Waals surface area contributed by atoms with Crippen molar-refractivity contribution in [3.63, 3.8) is 0 Å². The maximum absolute atomic E-state index is 11.9. The summed E-state index contributed by atoms with van der Waals surface area (Å²) in [7, 11) is 0. The van der Waals surface area contributed by atoms with Gasteiger partial charge in [-0.1, -0.05) is 6.92 Å². The summed E-state index contributed by atoms with van der Waals surface area (Å²) in [6, 6.07) is 1.73. The number of hydrogen-bond acceptors (Lipinski definition) is 4. The molecule has 2 rings (SSSR count). The smallest absolute Gasteiger partial charge is 0.173 e. The zero-order valence-corrected chi connectivity index (χ0v) is 9.21. The van der Waals surface area contributed by atoms with Crippen LogP contribution in [0.25, 0.3) is 0 Å². The van der Waals surface area contributed by atoms with E-state index in [1.807, 2.05) is 12.3 Å². The highest BCUT2D eigenvalue weighted by atomic mass is 32.1. The summed E-state index contributed by atoms with van der Waals surface area (Å²) in [5.41, 5.74) is 0.688. The molecule has 0 unspecified atom stereocenters. The SMILES string of the molecule is CCc1occc1C(=O)Cc1nccs1. The molecule has 0 radical (unpaired) electrons. The molecule has 0 aliphatic heterocycles. The summed E-state index contributed by atoms with van der Waals surface area (Å²) in [5, 5.41) is 2.72. The topological polar surface area (TPSA) is 43.1 Å². The highest BCUT2D eigenvalue weighted by molar-refractivity contribution is 7.09. The van der Waals surface area contributed by atoms with Crippen LogP contribution in [0.5, 0.6) is 0 Å². The van der Waals surface area contributed by atoms with Crippen molar-refractivity contribution in [2.45, 2.75) is 19.8 Å². The second kappa shape index (κ2) is 4.40. The van der Waals surface area contributed by atoms with Gasteiger partial charge in [-0.05, 0) is 6.07 Å². The van der Waals surface area contributed by atoms with Crippen LogP contribution >= 0.6 is 11.3 Å². The van der Waals surface area contributed by atoms with E-state index in [0.29, 0.717) is 12.0 Å². The maximum Gasteiger partial charge on any atom is 0.173 e. The van der Waals surface area contributed by atoms with Crippen molar-refractivity contribution >= 4 is 17.1 Å². The molecular formula is C11H11NO2S. The Bertz CT molecular complexity index is 445. The summed E-state index contributed by atoms with van der Waals surface area (Å²) in [6.45, 7) is 1.97. The van der Waals surface area contributed by atoms with Gasteiger partial charge in [0.1, 0.15) is 10.8 Å². The van der Waals surface area contributed by atoms with Crippen LogP contribution < -0.4 is 0 Å². The molecule has 0 amide bonds. The van der Waals surface area contributed by atoms with E-state index in [1.54, 1.807) is 18.5 Å². The minimum atomic E-state index is 0.0792. The Morgan fingerprint density at radius 2 is 2.47 bits per heavy atom. The van der Waals surface area contributed by atoms with Gasteiger partial charge in [0.25, 0.3) is 0 Å². The monoisotopic (exact) mass is 221 g/mol. The molecule has 0 aliphatic carbocycles. The van der Waals surface area contributed by atoms with Crippen LogP contribution in [0.1, 0.15) is 28.0 Å². The first kappa shape index (κ1) is 10.1. The van der Waals surface area contributed by atoms with Crippen LogP contribution in [0.15, 0.2) is 28.3 Å². The molecule has 0 bridgehead atoms. The van der Waals surface area contributed by atoms with Crippen molar-refractivity contribution in [2.75, 3.05) is 0 Å². The summed E-state index contributed by atoms with van der Waals surface area (Å²) < 4.78 is 5.22. The highest BCUT2D eigenvalue weighted by Gasteiger charge is 2.14. The lowest BCUT2D eigenvalue weighted by Gasteiger charge is -1.97.